The number of anilines is 2. The first kappa shape index (κ1) is 26.9. The van der Waals surface area contributed by atoms with E-state index in [9.17, 15) is 18.0 Å². The maximum Gasteiger partial charge on any atom is 0.418 e. The second kappa shape index (κ2) is 10.2. The van der Waals surface area contributed by atoms with Crippen molar-refractivity contribution in [2.45, 2.75) is 51.7 Å². The summed E-state index contributed by atoms with van der Waals surface area (Å²) in [5, 5.41) is 7.15. The molecule has 0 radical (unpaired) electrons. The molecule has 3 aromatic heterocycles. The second-order valence-corrected chi connectivity index (χ2v) is 9.65. The van der Waals surface area contributed by atoms with Gasteiger partial charge in [0.05, 0.1) is 47.9 Å². The zero-order chi connectivity index (χ0) is 28.1. The number of nitrogens with zero attached hydrogens (tertiary/aromatic N) is 6. The van der Waals surface area contributed by atoms with Gasteiger partial charge in [0.1, 0.15) is 17.7 Å². The Hall–Kier alpha value is -3.65. The third-order valence-corrected chi connectivity index (χ3v) is 7.16. The molecule has 11 nitrogen and oxygen atoms in total. The number of pyridine rings is 1. The normalized spacial score (nSPS) is 17.3. The maximum atomic E-state index is 14.0. The van der Waals surface area contributed by atoms with Crippen molar-refractivity contribution in [3.63, 3.8) is 0 Å². The number of amides is 1. The summed E-state index contributed by atoms with van der Waals surface area (Å²) < 4.78 is 54.9. The number of nitrogens with two attached hydrogens (primary N) is 1. The maximum absolute atomic E-state index is 14.0. The van der Waals surface area contributed by atoms with E-state index in [1.54, 1.807) is 4.68 Å². The third-order valence-electron chi connectivity index (χ3n) is 6.77. The van der Waals surface area contributed by atoms with Crippen LogP contribution in [-0.4, -0.2) is 51.3 Å². The van der Waals surface area contributed by atoms with Crippen molar-refractivity contribution in [2.75, 3.05) is 31.3 Å². The number of rotatable bonds is 4. The quantitative estimate of drug-likeness (QED) is 0.488. The predicted molar refractivity (Wildman–Crippen MR) is 135 cm³/mol. The molecule has 2 aliphatic heterocycles. The number of aromatic nitrogens is 5. The average molecular weight is 567 g/mol. The standard InChI is InChI=1S/C24H26ClF3N8O3/c1-11-7-16(29)32-19(17(11)24(26,27)28)15-8-13-12(10-39-15)21(33-23(31-13)38-3)35-5-4-6-36-14(9-35)18(25)20(34-36)22(37)30-2/h7,15H,4-6,8-10H2,1-3H3,(H2,29,32)(H,30,37). The first-order valence-electron chi connectivity index (χ1n) is 12.1. The number of carbonyl (C=O) groups is 1. The van der Waals surface area contributed by atoms with E-state index in [-0.39, 0.29) is 53.4 Å². The zero-order valence-corrected chi connectivity index (χ0v) is 22.2. The van der Waals surface area contributed by atoms with Crippen LogP contribution in [0.1, 0.15) is 56.8 Å². The molecule has 1 atom stereocenters. The van der Waals surface area contributed by atoms with E-state index in [4.69, 9.17) is 26.8 Å². The van der Waals surface area contributed by atoms with Crippen molar-refractivity contribution in [1.82, 2.24) is 30.0 Å². The molecule has 3 N–H and O–H groups in total. The molecule has 39 heavy (non-hydrogen) atoms. The van der Waals surface area contributed by atoms with Crippen LogP contribution in [-0.2, 0) is 37.0 Å². The molecule has 5 heterocycles. The van der Waals surface area contributed by atoms with Crippen molar-refractivity contribution in [3.05, 3.63) is 50.6 Å². The van der Waals surface area contributed by atoms with E-state index in [0.29, 0.717) is 42.3 Å². The zero-order valence-electron chi connectivity index (χ0n) is 21.4. The van der Waals surface area contributed by atoms with Crippen LogP contribution < -0.4 is 20.7 Å². The lowest BCUT2D eigenvalue weighted by molar-refractivity contribution is -0.140. The molecule has 2 aliphatic rings. The van der Waals surface area contributed by atoms with Gasteiger partial charge in [-0.2, -0.15) is 28.2 Å². The summed E-state index contributed by atoms with van der Waals surface area (Å²) in [4.78, 5) is 27.2. The number of nitrogen functional groups attached to an aromatic ring is 1. The van der Waals surface area contributed by atoms with E-state index in [1.165, 1.54) is 27.1 Å². The lowest BCUT2D eigenvalue weighted by atomic mass is 9.97. The highest BCUT2D eigenvalue weighted by Gasteiger charge is 2.40. The van der Waals surface area contributed by atoms with Gasteiger partial charge >= 0.3 is 12.2 Å². The molecule has 0 bridgehead atoms. The van der Waals surface area contributed by atoms with Crippen LogP contribution in [0.25, 0.3) is 0 Å². The van der Waals surface area contributed by atoms with Crippen LogP contribution in [0.4, 0.5) is 24.8 Å². The van der Waals surface area contributed by atoms with Crippen LogP contribution in [0.15, 0.2) is 6.07 Å². The largest absolute Gasteiger partial charge is 0.467 e. The van der Waals surface area contributed by atoms with Gasteiger partial charge < -0.3 is 25.4 Å². The highest BCUT2D eigenvalue weighted by atomic mass is 35.5. The van der Waals surface area contributed by atoms with Crippen molar-refractivity contribution in [2.24, 2.45) is 0 Å². The summed E-state index contributed by atoms with van der Waals surface area (Å²) in [5.41, 5.74) is 6.51. The van der Waals surface area contributed by atoms with Crippen molar-refractivity contribution in [3.8, 4) is 6.01 Å². The van der Waals surface area contributed by atoms with Crippen LogP contribution in [0.3, 0.4) is 0 Å². The van der Waals surface area contributed by atoms with Gasteiger partial charge in [-0.3, -0.25) is 9.48 Å². The molecule has 208 valence electrons. The topological polar surface area (TPSA) is 133 Å². The molecule has 5 rings (SSSR count). The summed E-state index contributed by atoms with van der Waals surface area (Å²) in [6, 6.07) is 1.25. The minimum atomic E-state index is -4.64. The number of hydrogen-bond acceptors (Lipinski definition) is 9. The Morgan fingerprint density at radius 2 is 2.05 bits per heavy atom. The highest BCUT2D eigenvalue weighted by Crippen LogP contribution is 2.42. The Bertz CT molecular complexity index is 1450. The number of methoxy groups -OCH3 is 1. The second-order valence-electron chi connectivity index (χ2n) is 9.27. The minimum absolute atomic E-state index is 0.00747. The van der Waals surface area contributed by atoms with Crippen LogP contribution in [0, 0.1) is 6.92 Å². The third kappa shape index (κ3) is 4.93. The number of hydrogen-bond donors (Lipinski definition) is 2. The number of ether oxygens (including phenoxy) is 2. The lowest BCUT2D eigenvalue weighted by Gasteiger charge is -2.31. The van der Waals surface area contributed by atoms with Gasteiger partial charge in [-0.15, -0.1) is 0 Å². The lowest BCUT2D eigenvalue weighted by Crippen LogP contribution is -2.29. The predicted octanol–water partition coefficient (Wildman–Crippen LogP) is 3.22. The van der Waals surface area contributed by atoms with Gasteiger partial charge in [-0.05, 0) is 25.0 Å². The number of halogens is 4. The van der Waals surface area contributed by atoms with Gasteiger partial charge in [0.25, 0.3) is 5.91 Å². The van der Waals surface area contributed by atoms with Gasteiger partial charge in [-0.25, -0.2) is 4.98 Å². The molecular weight excluding hydrogens is 541 g/mol. The van der Waals surface area contributed by atoms with E-state index in [1.807, 2.05) is 4.90 Å². The Labute approximate surface area is 226 Å². The Morgan fingerprint density at radius 1 is 1.28 bits per heavy atom. The molecule has 0 aromatic carbocycles. The smallest absolute Gasteiger partial charge is 0.418 e. The molecule has 0 saturated heterocycles. The number of nitrogens with one attached hydrogen (secondary N) is 1. The van der Waals surface area contributed by atoms with E-state index >= 15 is 0 Å². The number of fused-ring (bicyclic) bond motifs is 2. The number of carbonyl (C=O) groups excluding carboxylic acids is 1. The molecule has 3 aromatic rings. The van der Waals surface area contributed by atoms with E-state index in [2.05, 4.69) is 25.4 Å². The van der Waals surface area contributed by atoms with E-state index in [0.717, 1.165) is 0 Å². The Morgan fingerprint density at radius 3 is 2.74 bits per heavy atom. The van der Waals surface area contributed by atoms with Crippen LogP contribution >= 0.6 is 11.6 Å². The van der Waals surface area contributed by atoms with Crippen molar-refractivity contribution >= 4 is 29.1 Å². The SMILES string of the molecule is CNC(=O)c1nn2c(c1Cl)CN(c1nc(OC)nc3c1COC(c1nc(N)cc(C)c1C(F)(F)F)C3)CCC2. The number of alkyl halides is 3. The van der Waals surface area contributed by atoms with Gasteiger partial charge in [0, 0.05) is 32.1 Å². The van der Waals surface area contributed by atoms with Crippen molar-refractivity contribution in [1.29, 1.82) is 0 Å². The van der Waals surface area contributed by atoms with E-state index < -0.39 is 23.8 Å². The summed E-state index contributed by atoms with van der Waals surface area (Å²) >= 11 is 6.55. The Kier molecular flexibility index (Phi) is 7.01. The fourth-order valence-electron chi connectivity index (χ4n) is 5.01. The summed E-state index contributed by atoms with van der Waals surface area (Å²) in [6.07, 6.45) is -4.99. The molecule has 0 saturated carbocycles. The molecule has 0 spiro atoms. The summed E-state index contributed by atoms with van der Waals surface area (Å²) in [5.74, 6) is 0.0894. The summed E-state index contributed by atoms with van der Waals surface area (Å²) in [7, 11) is 2.91. The van der Waals surface area contributed by atoms with Gasteiger partial charge in [-0.1, -0.05) is 11.6 Å². The molecule has 15 heteroatoms. The molecule has 1 amide bonds. The van der Waals surface area contributed by atoms with Crippen LogP contribution in [0.5, 0.6) is 6.01 Å². The molecule has 0 aliphatic carbocycles. The molecular formula is C24H26ClF3N8O3. The highest BCUT2D eigenvalue weighted by molar-refractivity contribution is 6.34. The molecule has 0 fully saturated rings. The first-order chi connectivity index (χ1) is 18.5. The van der Waals surface area contributed by atoms with Gasteiger partial charge in [0.2, 0.25) is 0 Å². The first-order valence-corrected chi connectivity index (χ1v) is 12.5. The van der Waals surface area contributed by atoms with Gasteiger partial charge in [0.15, 0.2) is 5.69 Å². The minimum Gasteiger partial charge on any atom is -0.467 e. The Balaban J connectivity index is 1.53. The fourth-order valence-corrected chi connectivity index (χ4v) is 5.29. The van der Waals surface area contributed by atoms with Crippen molar-refractivity contribution < 1.29 is 27.4 Å². The monoisotopic (exact) mass is 566 g/mol. The van der Waals surface area contributed by atoms with Crippen LogP contribution in [0.2, 0.25) is 5.02 Å². The average Bonchev–Trinajstić information content (AvgIpc) is 3.06. The number of aryl methyl sites for hydroxylation is 2. The summed E-state index contributed by atoms with van der Waals surface area (Å²) in [6.45, 7) is 2.67. The fraction of sp³-hybridized carbons (Fsp3) is 0.458. The molecule has 1 unspecified atom stereocenters.